The fourth-order valence-electron chi connectivity index (χ4n) is 4.00. The van der Waals surface area contributed by atoms with E-state index in [2.05, 4.69) is 15.4 Å². The second-order valence-corrected chi connectivity index (χ2v) is 7.84. The van der Waals surface area contributed by atoms with Gasteiger partial charge in [-0.15, -0.1) is 0 Å². The SMILES string of the molecule is COc1ccc(OC)c(-c2cc(C(=O)NC3CCC(Oc4ccccn4)CC3)n(C)n2)c1. The zero-order valence-electron chi connectivity index (χ0n) is 18.6. The molecule has 4 rings (SSSR count). The summed E-state index contributed by atoms with van der Waals surface area (Å²) < 4.78 is 18.3. The number of ether oxygens (including phenoxy) is 3. The van der Waals surface area contributed by atoms with Crippen molar-refractivity contribution in [2.75, 3.05) is 14.2 Å². The molecule has 1 N–H and O–H groups in total. The number of rotatable bonds is 7. The van der Waals surface area contributed by atoms with Crippen LogP contribution in [0.25, 0.3) is 11.3 Å². The standard InChI is InChI=1S/C24H28N4O4/c1-28-21(15-20(27-28)19-14-18(30-2)11-12-22(19)31-3)24(29)26-16-7-9-17(10-8-16)32-23-6-4-5-13-25-23/h4-6,11-17H,7-10H2,1-3H3,(H,26,29). The first-order valence-corrected chi connectivity index (χ1v) is 10.7. The molecule has 3 aromatic rings. The second kappa shape index (κ2) is 9.72. The van der Waals surface area contributed by atoms with Crippen LogP contribution in [0.5, 0.6) is 17.4 Å². The summed E-state index contributed by atoms with van der Waals surface area (Å²) >= 11 is 0. The maximum Gasteiger partial charge on any atom is 0.269 e. The quantitative estimate of drug-likeness (QED) is 0.609. The number of nitrogens with one attached hydrogen (secondary N) is 1. The van der Waals surface area contributed by atoms with Crippen molar-refractivity contribution in [3.63, 3.8) is 0 Å². The number of carbonyl (C=O) groups is 1. The van der Waals surface area contributed by atoms with Crippen molar-refractivity contribution in [3.8, 4) is 28.6 Å². The van der Waals surface area contributed by atoms with Gasteiger partial charge in [-0.2, -0.15) is 5.10 Å². The molecule has 0 saturated heterocycles. The first-order chi connectivity index (χ1) is 15.6. The van der Waals surface area contributed by atoms with Crippen LogP contribution in [-0.2, 0) is 7.05 Å². The Kier molecular flexibility index (Phi) is 6.58. The van der Waals surface area contributed by atoms with Gasteiger partial charge < -0.3 is 19.5 Å². The molecule has 2 aromatic heterocycles. The molecule has 1 saturated carbocycles. The van der Waals surface area contributed by atoms with Gasteiger partial charge in [0, 0.05) is 30.9 Å². The normalized spacial score (nSPS) is 18.1. The van der Waals surface area contributed by atoms with Gasteiger partial charge in [0.25, 0.3) is 5.91 Å². The monoisotopic (exact) mass is 436 g/mol. The maximum absolute atomic E-state index is 13.0. The Morgan fingerprint density at radius 1 is 1.06 bits per heavy atom. The van der Waals surface area contributed by atoms with Crippen LogP contribution in [0, 0.1) is 0 Å². The number of amides is 1. The van der Waals surface area contributed by atoms with E-state index in [0.29, 0.717) is 28.8 Å². The first-order valence-electron chi connectivity index (χ1n) is 10.7. The lowest BCUT2D eigenvalue weighted by Crippen LogP contribution is -2.40. The summed E-state index contributed by atoms with van der Waals surface area (Å²) in [6.07, 6.45) is 5.32. The van der Waals surface area contributed by atoms with E-state index in [-0.39, 0.29) is 18.1 Å². The van der Waals surface area contributed by atoms with E-state index < -0.39 is 0 Å². The highest BCUT2D eigenvalue weighted by atomic mass is 16.5. The Morgan fingerprint density at radius 3 is 2.56 bits per heavy atom. The summed E-state index contributed by atoms with van der Waals surface area (Å²) in [5.41, 5.74) is 1.92. The van der Waals surface area contributed by atoms with Crippen molar-refractivity contribution >= 4 is 5.91 Å². The maximum atomic E-state index is 13.0. The van der Waals surface area contributed by atoms with E-state index in [1.54, 1.807) is 38.2 Å². The number of benzene rings is 1. The highest BCUT2D eigenvalue weighted by Crippen LogP contribution is 2.33. The zero-order valence-corrected chi connectivity index (χ0v) is 18.6. The summed E-state index contributed by atoms with van der Waals surface area (Å²) in [6.45, 7) is 0. The minimum absolute atomic E-state index is 0.107. The van der Waals surface area contributed by atoms with Crippen molar-refractivity contribution < 1.29 is 19.0 Å². The van der Waals surface area contributed by atoms with Crippen molar-refractivity contribution in [1.29, 1.82) is 0 Å². The lowest BCUT2D eigenvalue weighted by Gasteiger charge is -2.29. The largest absolute Gasteiger partial charge is 0.497 e. The van der Waals surface area contributed by atoms with Gasteiger partial charge >= 0.3 is 0 Å². The van der Waals surface area contributed by atoms with E-state index in [0.717, 1.165) is 31.2 Å². The number of methoxy groups -OCH3 is 2. The summed E-state index contributed by atoms with van der Waals surface area (Å²) in [7, 11) is 4.98. The molecule has 1 aliphatic rings. The first kappa shape index (κ1) is 21.7. The van der Waals surface area contributed by atoms with Gasteiger partial charge in [0.1, 0.15) is 23.3 Å². The van der Waals surface area contributed by atoms with Crippen LogP contribution < -0.4 is 19.5 Å². The highest BCUT2D eigenvalue weighted by molar-refractivity contribution is 5.94. The Morgan fingerprint density at radius 2 is 1.88 bits per heavy atom. The molecule has 8 nitrogen and oxygen atoms in total. The number of aryl methyl sites for hydroxylation is 1. The van der Waals surface area contributed by atoms with Gasteiger partial charge in [0.2, 0.25) is 5.88 Å². The van der Waals surface area contributed by atoms with Gasteiger partial charge in [0.05, 0.1) is 19.9 Å². The molecular formula is C24H28N4O4. The number of hydrogen-bond acceptors (Lipinski definition) is 6. The predicted molar refractivity (Wildman–Crippen MR) is 120 cm³/mol. The molecule has 0 bridgehead atoms. The minimum Gasteiger partial charge on any atom is -0.497 e. The van der Waals surface area contributed by atoms with Gasteiger partial charge in [-0.05, 0) is 56.0 Å². The topological polar surface area (TPSA) is 87.5 Å². The van der Waals surface area contributed by atoms with Crippen molar-refractivity contribution in [2.45, 2.75) is 37.8 Å². The molecule has 0 radical (unpaired) electrons. The lowest BCUT2D eigenvalue weighted by molar-refractivity contribution is 0.0881. The highest BCUT2D eigenvalue weighted by Gasteiger charge is 2.25. The molecule has 0 atom stereocenters. The van der Waals surface area contributed by atoms with E-state index in [4.69, 9.17) is 14.2 Å². The van der Waals surface area contributed by atoms with Crippen molar-refractivity contribution in [3.05, 3.63) is 54.4 Å². The minimum atomic E-state index is -0.137. The Labute approximate surface area is 187 Å². The smallest absolute Gasteiger partial charge is 0.269 e. The van der Waals surface area contributed by atoms with E-state index in [1.807, 2.05) is 36.4 Å². The van der Waals surface area contributed by atoms with Gasteiger partial charge in [-0.3, -0.25) is 9.48 Å². The molecule has 168 valence electrons. The summed E-state index contributed by atoms with van der Waals surface area (Å²) in [6, 6.07) is 13.0. The Bertz CT molecular complexity index is 1060. The van der Waals surface area contributed by atoms with Crippen LogP contribution in [0.15, 0.2) is 48.7 Å². The fourth-order valence-corrected chi connectivity index (χ4v) is 4.00. The average molecular weight is 437 g/mol. The predicted octanol–water partition coefficient (Wildman–Crippen LogP) is 3.62. The Balaban J connectivity index is 1.39. The Hall–Kier alpha value is -3.55. The third-order valence-corrected chi connectivity index (χ3v) is 5.73. The van der Waals surface area contributed by atoms with Crippen LogP contribution in [0.4, 0.5) is 0 Å². The number of hydrogen-bond donors (Lipinski definition) is 1. The molecule has 0 aliphatic heterocycles. The zero-order chi connectivity index (χ0) is 22.5. The number of aromatic nitrogens is 3. The van der Waals surface area contributed by atoms with Crippen LogP contribution in [0.3, 0.4) is 0 Å². The van der Waals surface area contributed by atoms with E-state index in [1.165, 1.54) is 0 Å². The molecule has 8 heteroatoms. The molecule has 1 aliphatic carbocycles. The van der Waals surface area contributed by atoms with Crippen LogP contribution >= 0.6 is 0 Å². The summed E-state index contributed by atoms with van der Waals surface area (Å²) in [5.74, 6) is 1.88. The fraction of sp³-hybridized carbons (Fsp3) is 0.375. The van der Waals surface area contributed by atoms with E-state index in [9.17, 15) is 4.79 Å². The molecule has 32 heavy (non-hydrogen) atoms. The van der Waals surface area contributed by atoms with Crippen molar-refractivity contribution in [1.82, 2.24) is 20.1 Å². The van der Waals surface area contributed by atoms with Crippen LogP contribution in [0.1, 0.15) is 36.2 Å². The van der Waals surface area contributed by atoms with Gasteiger partial charge in [0.15, 0.2) is 0 Å². The average Bonchev–Trinajstić information content (AvgIpc) is 3.22. The van der Waals surface area contributed by atoms with Crippen molar-refractivity contribution in [2.24, 2.45) is 7.05 Å². The molecule has 0 unspecified atom stereocenters. The molecule has 1 amide bonds. The third kappa shape index (κ3) is 4.85. The second-order valence-electron chi connectivity index (χ2n) is 7.84. The lowest BCUT2D eigenvalue weighted by atomic mass is 9.93. The van der Waals surface area contributed by atoms with Crippen LogP contribution in [-0.4, -0.2) is 47.0 Å². The van der Waals surface area contributed by atoms with Gasteiger partial charge in [-0.25, -0.2) is 4.98 Å². The number of pyridine rings is 1. The third-order valence-electron chi connectivity index (χ3n) is 5.73. The van der Waals surface area contributed by atoms with Crippen LogP contribution in [0.2, 0.25) is 0 Å². The van der Waals surface area contributed by atoms with E-state index >= 15 is 0 Å². The molecule has 0 spiro atoms. The molecule has 1 aromatic carbocycles. The number of carbonyl (C=O) groups excluding carboxylic acids is 1. The summed E-state index contributed by atoms with van der Waals surface area (Å²) in [5, 5.41) is 7.68. The summed E-state index contributed by atoms with van der Waals surface area (Å²) in [4.78, 5) is 17.2. The molecular weight excluding hydrogens is 408 g/mol. The van der Waals surface area contributed by atoms with Gasteiger partial charge in [-0.1, -0.05) is 6.07 Å². The molecule has 2 heterocycles. The molecule has 1 fully saturated rings. The number of nitrogens with zero attached hydrogens (tertiary/aromatic N) is 3.